The van der Waals surface area contributed by atoms with Crippen LogP contribution >= 0.6 is 0 Å². The molecule has 0 fully saturated rings. The summed E-state index contributed by atoms with van der Waals surface area (Å²) in [5, 5.41) is 8.59. The average Bonchev–Trinajstić information content (AvgIpc) is 2.36. The first-order valence-electron chi connectivity index (χ1n) is 6.57. The lowest BCUT2D eigenvalue weighted by Gasteiger charge is -2.29. The molecule has 0 amide bonds. The van der Waals surface area contributed by atoms with Crippen LogP contribution in [-0.4, -0.2) is 28.5 Å². The van der Waals surface area contributed by atoms with E-state index in [1.165, 1.54) is 6.07 Å². The molecular weight excluding hydrogens is 287 g/mol. The minimum atomic E-state index is -4.38. The molecule has 0 saturated carbocycles. The minimum absolute atomic E-state index is 0.0219. The van der Waals surface area contributed by atoms with Gasteiger partial charge in [-0.2, -0.15) is 13.2 Å². The second-order valence-electron chi connectivity index (χ2n) is 5.67. The zero-order valence-corrected chi connectivity index (χ0v) is 11.7. The summed E-state index contributed by atoms with van der Waals surface area (Å²) >= 11 is 0. The summed E-state index contributed by atoms with van der Waals surface area (Å²) in [6, 6.07) is 2.94. The van der Waals surface area contributed by atoms with Gasteiger partial charge in [-0.25, -0.2) is 4.79 Å². The quantitative estimate of drug-likeness (QED) is 0.850. The molecule has 7 heteroatoms. The first-order chi connectivity index (χ1) is 9.61. The van der Waals surface area contributed by atoms with Crippen molar-refractivity contribution in [1.29, 1.82) is 0 Å². The molecule has 4 nitrogen and oxygen atoms in total. The van der Waals surface area contributed by atoms with Gasteiger partial charge in [0.25, 0.3) is 0 Å². The van der Waals surface area contributed by atoms with Gasteiger partial charge >= 0.3 is 12.3 Å². The fraction of sp³-hybridized carbons (Fsp3) is 0.571. The van der Waals surface area contributed by atoms with E-state index in [2.05, 4.69) is 4.98 Å². The van der Waals surface area contributed by atoms with Crippen LogP contribution < -0.4 is 0 Å². The third-order valence-corrected chi connectivity index (χ3v) is 3.84. The van der Waals surface area contributed by atoms with E-state index in [-0.39, 0.29) is 5.69 Å². The molecule has 0 spiro atoms. The molecule has 0 radical (unpaired) electrons. The number of hydrogen-bond acceptors (Lipinski definition) is 3. The Hall–Kier alpha value is -1.79. The summed E-state index contributed by atoms with van der Waals surface area (Å²) in [5.74, 6) is 0. The van der Waals surface area contributed by atoms with Crippen LogP contribution in [-0.2, 0) is 23.0 Å². The highest BCUT2D eigenvalue weighted by atomic mass is 19.4. The highest BCUT2D eigenvalue weighted by Gasteiger charge is 2.49. The number of rotatable bonds is 2. The van der Waals surface area contributed by atoms with Gasteiger partial charge in [-0.05, 0) is 38.3 Å². The molecule has 116 valence electrons. The standard InChI is InChI=1S/C14H16F3NO3/c1-13(2,14(15,16)17)11-6-3-8-7-9(21-12(19)20)4-5-10(8)18-11/h3,6,9H,4-5,7H2,1-2H3,(H,19,20)/t9-/m0/s1. The second-order valence-corrected chi connectivity index (χ2v) is 5.67. The predicted molar refractivity (Wildman–Crippen MR) is 68.2 cm³/mol. The number of aromatic nitrogens is 1. The summed E-state index contributed by atoms with van der Waals surface area (Å²) in [7, 11) is 0. The van der Waals surface area contributed by atoms with E-state index < -0.39 is 23.9 Å². The van der Waals surface area contributed by atoms with Crippen molar-refractivity contribution in [3.05, 3.63) is 29.1 Å². The van der Waals surface area contributed by atoms with Crippen LogP contribution in [0.2, 0.25) is 0 Å². The lowest BCUT2D eigenvalue weighted by atomic mass is 9.86. The van der Waals surface area contributed by atoms with Crippen LogP contribution in [0.5, 0.6) is 0 Å². The van der Waals surface area contributed by atoms with E-state index in [1.54, 1.807) is 6.07 Å². The van der Waals surface area contributed by atoms with Crippen molar-refractivity contribution in [1.82, 2.24) is 4.98 Å². The molecule has 1 atom stereocenters. The Morgan fingerprint density at radius 1 is 1.38 bits per heavy atom. The van der Waals surface area contributed by atoms with Gasteiger partial charge in [0, 0.05) is 12.1 Å². The van der Waals surface area contributed by atoms with Crippen molar-refractivity contribution in [3.8, 4) is 0 Å². The molecule has 0 aliphatic heterocycles. The maximum absolute atomic E-state index is 13.0. The Morgan fingerprint density at radius 3 is 2.62 bits per heavy atom. The first-order valence-corrected chi connectivity index (χ1v) is 6.57. The summed E-state index contributed by atoms with van der Waals surface area (Å²) in [6.45, 7) is 2.20. The lowest BCUT2D eigenvalue weighted by molar-refractivity contribution is -0.181. The Kier molecular flexibility index (Phi) is 3.86. The molecule has 2 rings (SSSR count). The van der Waals surface area contributed by atoms with E-state index in [1.807, 2.05) is 0 Å². The number of alkyl halides is 3. The van der Waals surface area contributed by atoms with Gasteiger partial charge in [-0.15, -0.1) is 0 Å². The van der Waals surface area contributed by atoms with Crippen molar-refractivity contribution < 1.29 is 27.8 Å². The summed E-state index contributed by atoms with van der Waals surface area (Å²) < 4.78 is 43.8. The highest BCUT2D eigenvalue weighted by Crippen LogP contribution is 2.40. The predicted octanol–water partition coefficient (Wildman–Crippen LogP) is 3.47. The number of fused-ring (bicyclic) bond motifs is 1. The Balaban J connectivity index is 2.25. The molecule has 1 heterocycles. The molecule has 1 aromatic rings. The Labute approximate surface area is 119 Å². The van der Waals surface area contributed by atoms with Crippen LogP contribution in [0, 0.1) is 0 Å². The van der Waals surface area contributed by atoms with Crippen molar-refractivity contribution in [3.63, 3.8) is 0 Å². The number of aryl methyl sites for hydroxylation is 1. The van der Waals surface area contributed by atoms with Gasteiger partial charge in [-0.1, -0.05) is 6.07 Å². The molecule has 1 aromatic heterocycles. The number of carboxylic acid groups (broad SMARTS) is 1. The van der Waals surface area contributed by atoms with Crippen LogP contribution in [0.25, 0.3) is 0 Å². The van der Waals surface area contributed by atoms with E-state index in [4.69, 9.17) is 9.84 Å². The largest absolute Gasteiger partial charge is 0.506 e. The molecule has 0 aromatic carbocycles. The number of pyridine rings is 1. The maximum atomic E-state index is 13.0. The number of ether oxygens (including phenoxy) is 1. The monoisotopic (exact) mass is 303 g/mol. The molecule has 21 heavy (non-hydrogen) atoms. The van der Waals surface area contributed by atoms with Gasteiger partial charge in [0.1, 0.15) is 11.5 Å². The molecule has 0 unspecified atom stereocenters. The third kappa shape index (κ3) is 3.11. The van der Waals surface area contributed by atoms with Crippen molar-refractivity contribution in [2.75, 3.05) is 0 Å². The van der Waals surface area contributed by atoms with Crippen LogP contribution in [0.1, 0.15) is 37.2 Å². The highest BCUT2D eigenvalue weighted by molar-refractivity contribution is 5.57. The van der Waals surface area contributed by atoms with E-state index in [9.17, 15) is 18.0 Å². The zero-order chi connectivity index (χ0) is 15.8. The fourth-order valence-corrected chi connectivity index (χ4v) is 2.31. The number of nitrogens with zero attached hydrogens (tertiary/aromatic N) is 1. The van der Waals surface area contributed by atoms with Crippen LogP contribution in [0.4, 0.5) is 18.0 Å². The zero-order valence-electron chi connectivity index (χ0n) is 11.7. The third-order valence-electron chi connectivity index (χ3n) is 3.84. The first kappa shape index (κ1) is 15.6. The molecule has 1 aliphatic carbocycles. The maximum Gasteiger partial charge on any atom is 0.506 e. The van der Waals surface area contributed by atoms with Crippen molar-refractivity contribution in [2.24, 2.45) is 0 Å². The van der Waals surface area contributed by atoms with Gasteiger partial charge in [0.05, 0.1) is 5.69 Å². The number of halogens is 3. The second kappa shape index (κ2) is 5.20. The molecular formula is C14H16F3NO3. The number of carbonyl (C=O) groups is 1. The molecule has 0 saturated heterocycles. The van der Waals surface area contributed by atoms with E-state index in [0.717, 1.165) is 19.4 Å². The Bertz CT molecular complexity index is 555. The summed E-state index contributed by atoms with van der Waals surface area (Å²) in [6.07, 6.45) is -4.99. The average molecular weight is 303 g/mol. The van der Waals surface area contributed by atoms with E-state index >= 15 is 0 Å². The van der Waals surface area contributed by atoms with E-state index in [0.29, 0.717) is 25.0 Å². The van der Waals surface area contributed by atoms with Crippen molar-refractivity contribution in [2.45, 2.75) is 50.8 Å². The fourth-order valence-electron chi connectivity index (χ4n) is 2.31. The molecule has 1 N–H and O–H groups in total. The van der Waals surface area contributed by atoms with Gasteiger partial charge in [0.15, 0.2) is 0 Å². The minimum Gasteiger partial charge on any atom is -0.450 e. The smallest absolute Gasteiger partial charge is 0.450 e. The normalized spacial score (nSPS) is 19.0. The van der Waals surface area contributed by atoms with Gasteiger partial charge in [-0.3, -0.25) is 4.98 Å². The number of hydrogen-bond donors (Lipinski definition) is 1. The SMILES string of the molecule is CC(C)(c1ccc2c(n1)CC[C@H](OC(=O)O)C2)C(F)(F)F. The lowest BCUT2D eigenvalue weighted by Crippen LogP contribution is -2.37. The van der Waals surface area contributed by atoms with Gasteiger partial charge < -0.3 is 9.84 Å². The van der Waals surface area contributed by atoms with Crippen LogP contribution in [0.3, 0.4) is 0 Å². The summed E-state index contributed by atoms with van der Waals surface area (Å²) in [5.41, 5.74) is -0.702. The van der Waals surface area contributed by atoms with Crippen LogP contribution in [0.15, 0.2) is 12.1 Å². The van der Waals surface area contributed by atoms with Crippen molar-refractivity contribution >= 4 is 6.16 Å². The molecule has 0 bridgehead atoms. The molecule has 1 aliphatic rings. The van der Waals surface area contributed by atoms with Gasteiger partial charge in [0.2, 0.25) is 0 Å². The topological polar surface area (TPSA) is 59.4 Å². The Morgan fingerprint density at radius 2 is 2.05 bits per heavy atom. The summed E-state index contributed by atoms with van der Waals surface area (Å²) in [4.78, 5) is 14.7.